The number of hydrogen-bond donors (Lipinski definition) is 0. The molecule has 1 aromatic carbocycles. The van der Waals surface area contributed by atoms with Gasteiger partial charge in [-0.25, -0.2) is 0 Å². The highest BCUT2D eigenvalue weighted by atomic mass is 16.6. The summed E-state index contributed by atoms with van der Waals surface area (Å²) >= 11 is 0. The third kappa shape index (κ3) is 3.12. The van der Waals surface area contributed by atoms with Crippen molar-refractivity contribution in [1.82, 2.24) is 4.90 Å². The zero-order valence-corrected chi connectivity index (χ0v) is 19.7. The molecular formula is C25H36N2O4. The van der Waals surface area contributed by atoms with Crippen molar-refractivity contribution in [1.29, 1.82) is 0 Å². The number of nitroso groups, excluding NO2 is 1. The fourth-order valence-electron chi connectivity index (χ4n) is 6.70. The summed E-state index contributed by atoms with van der Waals surface area (Å²) in [7, 11) is 2.24. The molecule has 170 valence electrons. The van der Waals surface area contributed by atoms with Crippen molar-refractivity contribution in [2.75, 3.05) is 7.05 Å². The van der Waals surface area contributed by atoms with E-state index in [1.165, 1.54) is 5.56 Å². The fraction of sp³-hybridized carbons (Fsp3) is 0.720. The molecule has 6 nitrogen and oxygen atoms in total. The zero-order valence-electron chi connectivity index (χ0n) is 19.7. The molecule has 7 unspecified atom stereocenters. The highest BCUT2D eigenvalue weighted by Crippen LogP contribution is 2.61. The Morgan fingerprint density at radius 3 is 2.71 bits per heavy atom. The van der Waals surface area contributed by atoms with Crippen LogP contribution in [-0.4, -0.2) is 41.6 Å². The lowest BCUT2D eigenvalue weighted by Gasteiger charge is -2.34. The Kier molecular flexibility index (Phi) is 5.65. The molecule has 1 spiro atoms. The van der Waals surface area contributed by atoms with Crippen molar-refractivity contribution >= 4 is 5.97 Å². The van der Waals surface area contributed by atoms with Gasteiger partial charge in [-0.3, -0.25) is 9.69 Å². The van der Waals surface area contributed by atoms with Crippen molar-refractivity contribution in [3.8, 4) is 11.5 Å². The molecule has 5 rings (SSSR count). The summed E-state index contributed by atoms with van der Waals surface area (Å²) in [6, 6.07) is 4.14. The smallest absolute Gasteiger partial charge is 0.311 e. The van der Waals surface area contributed by atoms with E-state index < -0.39 is 6.04 Å². The van der Waals surface area contributed by atoms with Crippen molar-refractivity contribution in [2.24, 2.45) is 11.1 Å². The molecular weight excluding hydrogens is 392 g/mol. The van der Waals surface area contributed by atoms with Crippen LogP contribution >= 0.6 is 0 Å². The third-order valence-electron chi connectivity index (χ3n) is 8.28. The van der Waals surface area contributed by atoms with Gasteiger partial charge in [0.05, 0.1) is 0 Å². The van der Waals surface area contributed by atoms with Crippen LogP contribution in [0.5, 0.6) is 11.5 Å². The molecule has 0 aromatic heterocycles. The first-order valence-electron chi connectivity index (χ1n) is 11.9. The highest BCUT2D eigenvalue weighted by Gasteiger charge is 2.65. The van der Waals surface area contributed by atoms with E-state index in [0.717, 1.165) is 37.7 Å². The summed E-state index contributed by atoms with van der Waals surface area (Å²) in [6.07, 6.45) is 4.72. The Morgan fingerprint density at radius 2 is 2.03 bits per heavy atom. The zero-order chi connectivity index (χ0) is 22.6. The summed E-state index contributed by atoms with van der Waals surface area (Å²) in [5.41, 5.74) is 2.30. The average molecular weight is 429 g/mol. The molecule has 31 heavy (non-hydrogen) atoms. The molecule has 2 bridgehead atoms. The van der Waals surface area contributed by atoms with Gasteiger partial charge in [0.25, 0.3) is 0 Å². The van der Waals surface area contributed by atoms with Crippen LogP contribution < -0.4 is 9.47 Å². The predicted molar refractivity (Wildman–Crippen MR) is 121 cm³/mol. The minimum atomic E-state index is -0.396. The maximum Gasteiger partial charge on any atom is 0.311 e. The fourth-order valence-corrected chi connectivity index (χ4v) is 6.70. The van der Waals surface area contributed by atoms with E-state index in [-0.39, 0.29) is 23.0 Å². The summed E-state index contributed by atoms with van der Waals surface area (Å²) in [6.45, 7) is 10.3. The van der Waals surface area contributed by atoms with Gasteiger partial charge in [-0.2, -0.15) is 4.91 Å². The number of esters is 1. The van der Waals surface area contributed by atoms with E-state index in [2.05, 4.69) is 37.0 Å². The van der Waals surface area contributed by atoms with Gasteiger partial charge in [-0.05, 0) is 56.7 Å². The van der Waals surface area contributed by atoms with Crippen molar-refractivity contribution in [3.05, 3.63) is 28.2 Å². The molecule has 2 fully saturated rings. The minimum absolute atomic E-state index is 0.189. The molecule has 6 heteroatoms. The second-order valence-electron chi connectivity index (χ2n) is 9.77. The van der Waals surface area contributed by atoms with E-state index in [4.69, 9.17) is 9.47 Å². The van der Waals surface area contributed by atoms with Crippen LogP contribution in [0.3, 0.4) is 0 Å². The first-order valence-corrected chi connectivity index (χ1v) is 11.9. The van der Waals surface area contributed by atoms with E-state index in [9.17, 15) is 9.70 Å². The highest BCUT2D eigenvalue weighted by molar-refractivity contribution is 5.74. The van der Waals surface area contributed by atoms with Gasteiger partial charge >= 0.3 is 5.97 Å². The Morgan fingerprint density at radius 1 is 1.29 bits per heavy atom. The molecule has 1 aromatic rings. The molecule has 2 aliphatic heterocycles. The quantitative estimate of drug-likeness (QED) is 0.293. The van der Waals surface area contributed by atoms with E-state index in [0.29, 0.717) is 29.9 Å². The lowest BCUT2D eigenvalue weighted by molar-refractivity contribution is -0.134. The second kappa shape index (κ2) is 7.88. The van der Waals surface area contributed by atoms with Crippen molar-refractivity contribution in [2.45, 2.75) is 102 Å². The minimum Gasteiger partial charge on any atom is -0.483 e. The van der Waals surface area contributed by atoms with Gasteiger partial charge < -0.3 is 9.47 Å². The van der Waals surface area contributed by atoms with Crippen LogP contribution in [0.1, 0.15) is 77.8 Å². The Hall–Kier alpha value is -1.95. The number of carbonyl (C=O) groups excluding carboxylic acids is 1. The Labute approximate surface area is 185 Å². The van der Waals surface area contributed by atoms with Crippen LogP contribution in [0.25, 0.3) is 0 Å². The number of ether oxygens (including phenoxy) is 2. The first kappa shape index (κ1) is 22.3. The molecule has 0 amide bonds. The Balaban J connectivity index is 0.00000112. The predicted octanol–water partition coefficient (Wildman–Crippen LogP) is 5.00. The number of carbonyl (C=O) groups is 1. The van der Waals surface area contributed by atoms with Gasteiger partial charge in [-0.15, -0.1) is 0 Å². The molecule has 2 heterocycles. The lowest BCUT2D eigenvalue weighted by Crippen LogP contribution is -2.44. The molecule has 2 aliphatic carbocycles. The molecule has 1 saturated heterocycles. The summed E-state index contributed by atoms with van der Waals surface area (Å²) in [5, 5.41) is 3.54. The molecule has 7 atom stereocenters. The van der Waals surface area contributed by atoms with Crippen LogP contribution in [0.4, 0.5) is 0 Å². The van der Waals surface area contributed by atoms with Crippen LogP contribution in [0, 0.1) is 10.8 Å². The maximum atomic E-state index is 12.0. The second-order valence-corrected chi connectivity index (χ2v) is 9.77. The lowest BCUT2D eigenvalue weighted by atomic mass is 9.71. The number of nitrogens with zero attached hydrogens (tertiary/aromatic N) is 2. The standard InChI is InChI=1S/C23H30N2O4.C2H6/c1-5-17(26)28-16-9-7-14-12-23-11-10-22(3)18(14)19(16)29-21(22)15(24-27)8-6-13(2)20(23)25(23)4;1-2/h7,9,13,15,20-21H,5-6,8,10-12H2,1-4H3;1-2H3. The summed E-state index contributed by atoms with van der Waals surface area (Å²) in [4.78, 5) is 26.4. The van der Waals surface area contributed by atoms with Gasteiger partial charge in [0.2, 0.25) is 0 Å². The topological polar surface area (TPSA) is 68.0 Å². The third-order valence-corrected chi connectivity index (χ3v) is 8.28. The molecule has 0 N–H and O–H groups in total. The number of fused-ring (bicyclic) bond motifs is 1. The van der Waals surface area contributed by atoms with Crippen molar-refractivity contribution in [3.63, 3.8) is 0 Å². The Bertz CT molecular complexity index is 887. The maximum absolute atomic E-state index is 12.0. The largest absolute Gasteiger partial charge is 0.483 e. The molecule has 0 radical (unpaired) electrons. The average Bonchev–Trinajstić information content (AvgIpc) is 3.27. The molecule has 4 aliphatic rings. The number of benzene rings is 1. The van der Waals surface area contributed by atoms with Gasteiger partial charge in [-0.1, -0.05) is 45.9 Å². The monoisotopic (exact) mass is 428 g/mol. The van der Waals surface area contributed by atoms with Gasteiger partial charge in [0.15, 0.2) is 11.5 Å². The SMILES string of the molecule is CC.CCC(=O)Oc1ccc2c3c1OC1C(N=O)CCC(C)C4N(C)C4(CCC31C)C2. The number of hydrogen-bond acceptors (Lipinski definition) is 6. The van der Waals surface area contributed by atoms with E-state index >= 15 is 0 Å². The normalized spacial score (nSPS) is 39.2. The van der Waals surface area contributed by atoms with E-state index in [1.807, 2.05) is 19.9 Å². The van der Waals surface area contributed by atoms with Crippen LogP contribution in [0.2, 0.25) is 0 Å². The van der Waals surface area contributed by atoms with Crippen LogP contribution in [0.15, 0.2) is 17.3 Å². The van der Waals surface area contributed by atoms with Gasteiger partial charge in [0.1, 0.15) is 12.1 Å². The first-order chi connectivity index (χ1) is 14.9. The molecule has 1 saturated carbocycles. The number of likely N-dealkylation sites (N-methyl/N-ethyl adjacent to an activating group) is 1. The summed E-state index contributed by atoms with van der Waals surface area (Å²) in [5.74, 6) is 1.40. The van der Waals surface area contributed by atoms with E-state index in [1.54, 1.807) is 6.92 Å². The van der Waals surface area contributed by atoms with Crippen molar-refractivity contribution < 1.29 is 14.3 Å². The van der Waals surface area contributed by atoms with Gasteiger partial charge in [0, 0.05) is 29.0 Å². The van der Waals surface area contributed by atoms with Crippen LogP contribution in [-0.2, 0) is 16.6 Å². The summed E-state index contributed by atoms with van der Waals surface area (Å²) < 4.78 is 12.1. The number of rotatable bonds is 3.